The second-order valence-electron chi connectivity index (χ2n) is 6.05. The van der Waals surface area contributed by atoms with Crippen LogP contribution in [0.15, 0.2) is 54.6 Å². The van der Waals surface area contributed by atoms with E-state index in [1.165, 1.54) is 5.56 Å². The summed E-state index contributed by atoms with van der Waals surface area (Å²) in [5.41, 5.74) is 8.73. The molecule has 2 aromatic rings. The van der Waals surface area contributed by atoms with E-state index in [9.17, 15) is 4.79 Å². The lowest BCUT2D eigenvalue weighted by atomic mass is 9.97. The maximum Gasteiger partial charge on any atom is 0.254 e. The first-order chi connectivity index (χ1) is 10.7. The van der Waals surface area contributed by atoms with Gasteiger partial charge in [0.25, 0.3) is 5.91 Å². The molecule has 0 saturated carbocycles. The van der Waals surface area contributed by atoms with E-state index in [-0.39, 0.29) is 24.4 Å². The minimum absolute atomic E-state index is 0. The van der Waals surface area contributed by atoms with E-state index < -0.39 is 0 Å². The predicted molar refractivity (Wildman–Crippen MR) is 95.9 cm³/mol. The highest BCUT2D eigenvalue weighted by molar-refractivity contribution is 5.94. The molecule has 4 heteroatoms. The molecule has 3 rings (SSSR count). The van der Waals surface area contributed by atoms with Gasteiger partial charge in [0.05, 0.1) is 0 Å². The summed E-state index contributed by atoms with van der Waals surface area (Å²) in [7, 11) is 0. The van der Waals surface area contributed by atoms with Gasteiger partial charge in [-0.25, -0.2) is 0 Å². The third-order valence-corrected chi connectivity index (χ3v) is 4.54. The summed E-state index contributed by atoms with van der Waals surface area (Å²) >= 11 is 0. The summed E-state index contributed by atoms with van der Waals surface area (Å²) in [6, 6.07) is 18.4. The molecule has 0 spiro atoms. The van der Waals surface area contributed by atoms with Crippen LogP contribution in [0.3, 0.4) is 0 Å². The number of amides is 1. The van der Waals surface area contributed by atoms with Crippen molar-refractivity contribution in [1.82, 2.24) is 4.90 Å². The molecule has 1 fully saturated rings. The molecule has 1 saturated heterocycles. The molecule has 0 bridgehead atoms. The lowest BCUT2D eigenvalue weighted by Gasteiger charge is -2.21. The van der Waals surface area contributed by atoms with Gasteiger partial charge in [-0.15, -0.1) is 12.4 Å². The van der Waals surface area contributed by atoms with Crippen molar-refractivity contribution in [1.29, 1.82) is 0 Å². The maximum atomic E-state index is 12.7. The molecule has 3 nitrogen and oxygen atoms in total. The standard InChI is InChI=1S/C19H22N2O.ClH/c1-14-11-18(16-5-3-2-4-6-16)13-21(14)19(22)17-9-7-15(12-20)8-10-17;/h2-10,14,18H,11-13,20H2,1H3;1H. The Bertz CT molecular complexity index is 642. The highest BCUT2D eigenvalue weighted by Gasteiger charge is 2.33. The second-order valence-corrected chi connectivity index (χ2v) is 6.05. The monoisotopic (exact) mass is 330 g/mol. The Morgan fingerprint density at radius 3 is 2.39 bits per heavy atom. The first-order valence-electron chi connectivity index (χ1n) is 7.84. The normalized spacial score (nSPS) is 20.2. The Kier molecular flexibility index (Phi) is 5.80. The number of hydrogen-bond donors (Lipinski definition) is 1. The highest BCUT2D eigenvalue weighted by atomic mass is 35.5. The third kappa shape index (κ3) is 3.74. The van der Waals surface area contributed by atoms with Crippen LogP contribution in [0.5, 0.6) is 0 Å². The number of benzene rings is 2. The fraction of sp³-hybridized carbons (Fsp3) is 0.316. The molecule has 2 unspecified atom stereocenters. The summed E-state index contributed by atoms with van der Waals surface area (Å²) in [5.74, 6) is 0.554. The summed E-state index contributed by atoms with van der Waals surface area (Å²) in [6.45, 7) is 3.43. The Morgan fingerprint density at radius 1 is 1.13 bits per heavy atom. The molecular weight excluding hydrogens is 308 g/mol. The summed E-state index contributed by atoms with van der Waals surface area (Å²) in [4.78, 5) is 14.7. The first-order valence-corrected chi connectivity index (χ1v) is 7.84. The maximum absolute atomic E-state index is 12.7. The van der Waals surface area contributed by atoms with Crippen molar-refractivity contribution < 1.29 is 4.79 Å². The van der Waals surface area contributed by atoms with E-state index in [1.807, 2.05) is 35.2 Å². The van der Waals surface area contributed by atoms with Crippen LogP contribution < -0.4 is 5.73 Å². The minimum Gasteiger partial charge on any atom is -0.335 e. The number of nitrogens with zero attached hydrogens (tertiary/aromatic N) is 1. The molecule has 122 valence electrons. The molecule has 2 aromatic carbocycles. The van der Waals surface area contributed by atoms with Gasteiger partial charge >= 0.3 is 0 Å². The lowest BCUT2D eigenvalue weighted by molar-refractivity contribution is 0.0746. The Hall–Kier alpha value is -1.84. The van der Waals surface area contributed by atoms with E-state index in [0.29, 0.717) is 12.5 Å². The lowest BCUT2D eigenvalue weighted by Crippen LogP contribution is -2.33. The smallest absolute Gasteiger partial charge is 0.254 e. The van der Waals surface area contributed by atoms with E-state index in [4.69, 9.17) is 5.73 Å². The van der Waals surface area contributed by atoms with E-state index in [0.717, 1.165) is 24.1 Å². The number of nitrogens with two attached hydrogens (primary N) is 1. The summed E-state index contributed by atoms with van der Waals surface area (Å²) in [5, 5.41) is 0. The quantitative estimate of drug-likeness (QED) is 0.935. The van der Waals surface area contributed by atoms with Crippen LogP contribution in [0.2, 0.25) is 0 Å². The van der Waals surface area contributed by atoms with Crippen LogP contribution in [0, 0.1) is 0 Å². The van der Waals surface area contributed by atoms with Crippen molar-refractivity contribution in [2.75, 3.05) is 6.54 Å². The third-order valence-electron chi connectivity index (χ3n) is 4.54. The zero-order valence-corrected chi connectivity index (χ0v) is 14.1. The Balaban J connectivity index is 0.00000192. The molecule has 2 atom stereocenters. The number of carbonyl (C=O) groups excluding carboxylic acids is 1. The van der Waals surface area contributed by atoms with Crippen LogP contribution in [0.25, 0.3) is 0 Å². The van der Waals surface area contributed by atoms with Crippen LogP contribution in [0.4, 0.5) is 0 Å². The molecule has 1 aliphatic rings. The van der Waals surface area contributed by atoms with Gasteiger partial charge < -0.3 is 10.6 Å². The summed E-state index contributed by atoms with van der Waals surface area (Å²) in [6.07, 6.45) is 1.02. The Labute approximate surface area is 143 Å². The van der Waals surface area contributed by atoms with Crippen LogP contribution in [-0.2, 0) is 6.54 Å². The zero-order valence-electron chi connectivity index (χ0n) is 13.3. The van der Waals surface area contributed by atoms with Gasteiger partial charge in [-0.2, -0.15) is 0 Å². The average Bonchev–Trinajstić information content (AvgIpc) is 2.97. The average molecular weight is 331 g/mol. The van der Waals surface area contributed by atoms with Crippen LogP contribution in [-0.4, -0.2) is 23.4 Å². The minimum atomic E-state index is 0. The number of hydrogen-bond acceptors (Lipinski definition) is 2. The highest BCUT2D eigenvalue weighted by Crippen LogP contribution is 2.32. The van der Waals surface area contributed by atoms with Gasteiger partial charge in [0, 0.05) is 30.6 Å². The zero-order chi connectivity index (χ0) is 15.5. The fourth-order valence-corrected chi connectivity index (χ4v) is 3.23. The molecule has 1 heterocycles. The number of halogens is 1. The van der Waals surface area contributed by atoms with E-state index in [2.05, 4.69) is 31.2 Å². The Morgan fingerprint density at radius 2 is 1.78 bits per heavy atom. The van der Waals surface area contributed by atoms with Gasteiger partial charge in [0.15, 0.2) is 0 Å². The predicted octanol–water partition coefficient (Wildman–Crippen LogP) is 3.59. The summed E-state index contributed by atoms with van der Waals surface area (Å²) < 4.78 is 0. The van der Waals surface area contributed by atoms with Gasteiger partial charge in [-0.3, -0.25) is 4.79 Å². The molecule has 1 amide bonds. The van der Waals surface area contributed by atoms with Gasteiger partial charge in [0.2, 0.25) is 0 Å². The van der Waals surface area contributed by atoms with Gasteiger partial charge in [0.1, 0.15) is 0 Å². The van der Waals surface area contributed by atoms with Gasteiger partial charge in [-0.05, 0) is 36.6 Å². The topological polar surface area (TPSA) is 46.3 Å². The van der Waals surface area contributed by atoms with E-state index in [1.54, 1.807) is 0 Å². The molecule has 23 heavy (non-hydrogen) atoms. The number of likely N-dealkylation sites (tertiary alicyclic amines) is 1. The second kappa shape index (κ2) is 7.62. The van der Waals surface area contributed by atoms with Crippen molar-refractivity contribution in [3.05, 3.63) is 71.3 Å². The van der Waals surface area contributed by atoms with Crippen LogP contribution >= 0.6 is 12.4 Å². The number of carbonyl (C=O) groups is 1. The van der Waals surface area contributed by atoms with Crippen molar-refractivity contribution in [3.8, 4) is 0 Å². The van der Waals surface area contributed by atoms with Crippen LogP contribution in [0.1, 0.15) is 40.7 Å². The molecule has 2 N–H and O–H groups in total. The molecule has 0 aliphatic carbocycles. The van der Waals surface area contributed by atoms with E-state index >= 15 is 0 Å². The SMILES string of the molecule is CC1CC(c2ccccc2)CN1C(=O)c1ccc(CN)cc1.Cl. The molecule has 0 aromatic heterocycles. The molecule has 0 radical (unpaired) electrons. The molecular formula is C19H23ClN2O. The van der Waals surface area contributed by atoms with Crippen molar-refractivity contribution >= 4 is 18.3 Å². The first kappa shape index (κ1) is 17.5. The van der Waals surface area contributed by atoms with Crippen molar-refractivity contribution in [2.45, 2.75) is 31.8 Å². The largest absolute Gasteiger partial charge is 0.335 e. The van der Waals surface area contributed by atoms with Gasteiger partial charge in [-0.1, -0.05) is 42.5 Å². The number of rotatable bonds is 3. The van der Waals surface area contributed by atoms with Crippen molar-refractivity contribution in [3.63, 3.8) is 0 Å². The van der Waals surface area contributed by atoms with Crippen molar-refractivity contribution in [2.24, 2.45) is 5.73 Å². The molecule has 1 aliphatic heterocycles. The fourth-order valence-electron chi connectivity index (χ4n) is 3.23.